The summed E-state index contributed by atoms with van der Waals surface area (Å²) in [6, 6.07) is 9.39. The second-order valence-electron chi connectivity index (χ2n) is 3.85. The second-order valence-corrected chi connectivity index (χ2v) is 3.85. The molecule has 1 aromatic carbocycles. The fraction of sp³-hybridized carbons (Fsp3) is 0.500. The van der Waals surface area contributed by atoms with Gasteiger partial charge in [0.1, 0.15) is 12.6 Å². The van der Waals surface area contributed by atoms with E-state index in [1.807, 2.05) is 31.2 Å². The van der Waals surface area contributed by atoms with Gasteiger partial charge in [0.25, 0.3) is 0 Å². The van der Waals surface area contributed by atoms with E-state index in [9.17, 15) is 0 Å². The summed E-state index contributed by atoms with van der Waals surface area (Å²) < 4.78 is 11.2. The first-order valence-electron chi connectivity index (χ1n) is 6.29. The Bertz CT molecular complexity index is 388. The van der Waals surface area contributed by atoms with Crippen molar-refractivity contribution in [2.75, 3.05) is 19.8 Å². The van der Waals surface area contributed by atoms with Gasteiger partial charge in [-0.05, 0) is 25.1 Å². The molecule has 1 aromatic rings. The van der Waals surface area contributed by atoms with Crippen LogP contribution in [0.2, 0.25) is 0 Å². The van der Waals surface area contributed by atoms with E-state index in [-0.39, 0.29) is 6.04 Å². The number of nitrogens with zero attached hydrogens (tertiary/aromatic N) is 1. The van der Waals surface area contributed by atoms with E-state index < -0.39 is 0 Å². The van der Waals surface area contributed by atoms with Gasteiger partial charge in [0, 0.05) is 0 Å². The number of benzene rings is 1. The Morgan fingerprint density at radius 2 is 1.89 bits per heavy atom. The van der Waals surface area contributed by atoms with Gasteiger partial charge in [0.2, 0.25) is 0 Å². The molecule has 0 bridgehead atoms. The predicted molar refractivity (Wildman–Crippen MR) is 70.8 cm³/mol. The molecule has 1 rings (SSSR count). The molecule has 0 spiro atoms. The highest BCUT2D eigenvalue weighted by Gasteiger charge is 2.09. The van der Waals surface area contributed by atoms with E-state index in [0.29, 0.717) is 19.0 Å². The van der Waals surface area contributed by atoms with Crippen LogP contribution >= 0.6 is 0 Å². The maximum atomic E-state index is 8.92. The number of nitriles is 1. The number of hydrogen-bond acceptors (Lipinski definition) is 4. The van der Waals surface area contributed by atoms with Crippen molar-refractivity contribution < 1.29 is 9.47 Å². The zero-order chi connectivity index (χ0) is 13.2. The van der Waals surface area contributed by atoms with Crippen LogP contribution < -0.4 is 14.8 Å². The minimum Gasteiger partial charge on any atom is -0.490 e. The number of para-hydroxylation sites is 2. The molecule has 18 heavy (non-hydrogen) atoms. The van der Waals surface area contributed by atoms with Crippen LogP contribution in [-0.4, -0.2) is 25.8 Å². The van der Waals surface area contributed by atoms with Crippen molar-refractivity contribution >= 4 is 0 Å². The van der Waals surface area contributed by atoms with Crippen molar-refractivity contribution in [3.63, 3.8) is 0 Å². The molecule has 0 aliphatic carbocycles. The Balaban J connectivity index is 2.57. The molecule has 1 N–H and O–H groups in total. The van der Waals surface area contributed by atoms with Crippen molar-refractivity contribution in [2.45, 2.75) is 26.3 Å². The lowest BCUT2D eigenvalue weighted by Gasteiger charge is -2.14. The highest BCUT2D eigenvalue weighted by molar-refractivity contribution is 5.39. The molecule has 0 aliphatic rings. The van der Waals surface area contributed by atoms with Gasteiger partial charge >= 0.3 is 0 Å². The molecular weight excluding hydrogens is 228 g/mol. The summed E-state index contributed by atoms with van der Waals surface area (Å²) in [6.07, 6.45) is 0.951. The van der Waals surface area contributed by atoms with Gasteiger partial charge in [0.05, 0.1) is 12.7 Å². The third-order valence-electron chi connectivity index (χ3n) is 2.32. The van der Waals surface area contributed by atoms with Crippen LogP contribution in [0.4, 0.5) is 0 Å². The first kappa shape index (κ1) is 14.3. The summed E-state index contributed by atoms with van der Waals surface area (Å²) in [6.45, 7) is 5.74. The fourth-order valence-corrected chi connectivity index (χ4v) is 1.46. The lowest BCUT2D eigenvalue weighted by molar-refractivity contribution is 0.256. The molecule has 98 valence electrons. The molecule has 0 aliphatic heterocycles. The van der Waals surface area contributed by atoms with Crippen LogP contribution in [0, 0.1) is 11.3 Å². The quantitative estimate of drug-likeness (QED) is 0.767. The van der Waals surface area contributed by atoms with E-state index in [2.05, 4.69) is 18.3 Å². The van der Waals surface area contributed by atoms with Crippen LogP contribution in [0.1, 0.15) is 20.3 Å². The lowest BCUT2D eigenvalue weighted by Crippen LogP contribution is -2.33. The van der Waals surface area contributed by atoms with Crippen LogP contribution in [0.25, 0.3) is 0 Å². The Kier molecular flexibility index (Phi) is 6.67. The van der Waals surface area contributed by atoms with Crippen LogP contribution in [-0.2, 0) is 0 Å². The Morgan fingerprint density at radius 3 is 2.44 bits per heavy atom. The van der Waals surface area contributed by atoms with E-state index in [0.717, 1.165) is 18.7 Å². The molecule has 0 radical (unpaired) electrons. The Morgan fingerprint density at radius 1 is 1.22 bits per heavy atom. The third-order valence-corrected chi connectivity index (χ3v) is 2.32. The molecule has 0 saturated carbocycles. The van der Waals surface area contributed by atoms with Gasteiger partial charge in [-0.1, -0.05) is 26.0 Å². The standard InChI is InChI=1S/C14H20N2O2/c1-3-9-17-13-7-5-6-8-14(13)18-11-12(10-15)16-4-2/h5-8,12,16H,3-4,9,11H2,1-2H3. The van der Waals surface area contributed by atoms with Crippen molar-refractivity contribution in [1.82, 2.24) is 5.32 Å². The third kappa shape index (κ3) is 4.64. The largest absolute Gasteiger partial charge is 0.490 e. The molecule has 4 heteroatoms. The van der Waals surface area contributed by atoms with Gasteiger partial charge in [-0.25, -0.2) is 0 Å². The highest BCUT2D eigenvalue weighted by atomic mass is 16.5. The van der Waals surface area contributed by atoms with Gasteiger partial charge < -0.3 is 9.47 Å². The zero-order valence-corrected chi connectivity index (χ0v) is 11.0. The van der Waals surface area contributed by atoms with Gasteiger partial charge in [0.15, 0.2) is 11.5 Å². The zero-order valence-electron chi connectivity index (χ0n) is 11.0. The maximum Gasteiger partial charge on any atom is 0.161 e. The predicted octanol–water partition coefficient (Wildman–Crippen LogP) is 2.36. The van der Waals surface area contributed by atoms with E-state index >= 15 is 0 Å². The summed E-state index contributed by atoms with van der Waals surface area (Å²) in [5.74, 6) is 1.41. The molecule has 1 atom stereocenters. The Hall–Kier alpha value is -1.73. The molecule has 0 saturated heterocycles. The van der Waals surface area contributed by atoms with Gasteiger partial charge in [-0.15, -0.1) is 0 Å². The average molecular weight is 248 g/mol. The van der Waals surface area contributed by atoms with Gasteiger partial charge in [-0.3, -0.25) is 5.32 Å². The van der Waals surface area contributed by atoms with E-state index in [1.165, 1.54) is 0 Å². The molecule has 0 fully saturated rings. The molecule has 0 heterocycles. The fourth-order valence-electron chi connectivity index (χ4n) is 1.46. The van der Waals surface area contributed by atoms with Gasteiger partial charge in [-0.2, -0.15) is 5.26 Å². The smallest absolute Gasteiger partial charge is 0.161 e. The van der Waals surface area contributed by atoms with Crippen molar-refractivity contribution in [1.29, 1.82) is 5.26 Å². The summed E-state index contributed by atoms with van der Waals surface area (Å²) in [4.78, 5) is 0. The minimum atomic E-state index is -0.297. The monoisotopic (exact) mass is 248 g/mol. The number of nitrogens with one attached hydrogen (secondary N) is 1. The summed E-state index contributed by atoms with van der Waals surface area (Å²) >= 11 is 0. The SMILES string of the molecule is CCCOc1ccccc1OCC(C#N)NCC. The van der Waals surface area contributed by atoms with Crippen molar-refractivity contribution in [3.05, 3.63) is 24.3 Å². The number of likely N-dealkylation sites (N-methyl/N-ethyl adjacent to an activating group) is 1. The van der Waals surface area contributed by atoms with Crippen LogP contribution in [0.3, 0.4) is 0 Å². The van der Waals surface area contributed by atoms with E-state index in [4.69, 9.17) is 14.7 Å². The molecule has 0 amide bonds. The van der Waals surface area contributed by atoms with Crippen LogP contribution in [0.15, 0.2) is 24.3 Å². The average Bonchev–Trinajstić information content (AvgIpc) is 2.42. The summed E-state index contributed by atoms with van der Waals surface area (Å²) in [5, 5.41) is 12.0. The molecule has 1 unspecified atom stereocenters. The first-order valence-corrected chi connectivity index (χ1v) is 6.29. The van der Waals surface area contributed by atoms with Crippen molar-refractivity contribution in [2.24, 2.45) is 0 Å². The van der Waals surface area contributed by atoms with E-state index in [1.54, 1.807) is 0 Å². The molecule has 4 nitrogen and oxygen atoms in total. The Labute approximate surface area is 109 Å². The lowest BCUT2D eigenvalue weighted by atomic mass is 10.3. The summed E-state index contributed by atoms with van der Waals surface area (Å²) in [5.41, 5.74) is 0. The van der Waals surface area contributed by atoms with Crippen molar-refractivity contribution in [3.8, 4) is 17.6 Å². The minimum absolute atomic E-state index is 0.297. The normalized spacial score (nSPS) is 11.6. The second kappa shape index (κ2) is 8.37. The maximum absolute atomic E-state index is 8.92. The topological polar surface area (TPSA) is 54.3 Å². The number of rotatable bonds is 8. The first-order chi connectivity index (χ1) is 8.81. The highest BCUT2D eigenvalue weighted by Crippen LogP contribution is 2.26. The number of ether oxygens (including phenoxy) is 2. The van der Waals surface area contributed by atoms with Crippen LogP contribution in [0.5, 0.6) is 11.5 Å². The number of hydrogen-bond donors (Lipinski definition) is 1. The molecular formula is C14H20N2O2. The summed E-state index contributed by atoms with van der Waals surface area (Å²) in [7, 11) is 0. The molecule has 0 aromatic heterocycles.